The SMILES string of the molecule is C=CCCC(CC)S(=O)NC(=O)c1ccc(C)c(N(CC2NCC(C=C)C2(C)C)CC2(CC)CCCc3cc(C)ccc32)c1.CCC. The van der Waals surface area contributed by atoms with Crippen molar-refractivity contribution in [3.8, 4) is 0 Å². The number of carbonyl (C=O) groups excluding carboxylic acids is 1. The van der Waals surface area contributed by atoms with Crippen molar-refractivity contribution in [2.75, 3.05) is 24.5 Å². The van der Waals surface area contributed by atoms with Crippen LogP contribution in [0.5, 0.6) is 0 Å². The van der Waals surface area contributed by atoms with Crippen LogP contribution in [-0.2, 0) is 22.8 Å². The Labute approximate surface area is 289 Å². The molecule has 0 bridgehead atoms. The second-order valence-electron chi connectivity index (χ2n) is 14.5. The summed E-state index contributed by atoms with van der Waals surface area (Å²) in [6.45, 7) is 28.2. The molecule has 2 aromatic carbocycles. The summed E-state index contributed by atoms with van der Waals surface area (Å²) in [5.74, 6) is 0.116. The molecular weight excluding hydrogens is 599 g/mol. The third kappa shape index (κ3) is 9.26. The third-order valence-electron chi connectivity index (χ3n) is 10.7. The molecule has 47 heavy (non-hydrogen) atoms. The molecule has 1 heterocycles. The molecule has 1 fully saturated rings. The highest BCUT2D eigenvalue weighted by atomic mass is 32.2. The van der Waals surface area contributed by atoms with E-state index >= 15 is 0 Å². The zero-order chi connectivity index (χ0) is 34.8. The summed E-state index contributed by atoms with van der Waals surface area (Å²) in [6, 6.07) is 13.2. The first-order chi connectivity index (χ1) is 22.4. The Balaban J connectivity index is 0.00000192. The molecule has 1 aliphatic heterocycles. The number of aryl methyl sites for hydroxylation is 3. The smallest absolute Gasteiger partial charge is 0.263 e. The molecule has 0 spiro atoms. The molecule has 2 N–H and O–H groups in total. The number of allylic oxidation sites excluding steroid dienone is 1. The first kappa shape index (κ1) is 38.7. The topological polar surface area (TPSA) is 61.4 Å². The molecule has 4 rings (SSSR count). The summed E-state index contributed by atoms with van der Waals surface area (Å²) in [5.41, 5.74) is 7.12. The number of anilines is 1. The summed E-state index contributed by atoms with van der Waals surface area (Å²) < 4.78 is 15.9. The van der Waals surface area contributed by atoms with E-state index < -0.39 is 11.0 Å². The Hall–Kier alpha value is -2.70. The minimum atomic E-state index is -1.45. The standard InChI is InChI=1S/C38H55N3O2S.C3H8/c1-9-13-16-32(11-3)44(43)40-36(42)30-19-18-28(6)34(23-30)41(25-35-37(7,8)31(10-2)24-39-35)26-38(12-4)21-14-15-29-22-27(5)17-20-33(29)38;1-3-2/h9-10,17-20,22-23,31-32,35,39H,1-2,11-16,21,24-26H2,3-8H3,(H,40,42);3H2,1-2H3. The average molecular weight is 662 g/mol. The van der Waals surface area contributed by atoms with Crippen molar-refractivity contribution in [1.29, 1.82) is 0 Å². The maximum absolute atomic E-state index is 13.5. The highest BCUT2D eigenvalue weighted by molar-refractivity contribution is 7.84. The molecule has 0 aromatic heterocycles. The number of hydrogen-bond donors (Lipinski definition) is 2. The molecule has 2 aliphatic rings. The summed E-state index contributed by atoms with van der Waals surface area (Å²) in [4.78, 5) is 16.1. The van der Waals surface area contributed by atoms with Crippen LogP contribution in [0.2, 0.25) is 0 Å². The zero-order valence-corrected chi connectivity index (χ0v) is 31.5. The molecule has 5 unspecified atom stereocenters. The maximum Gasteiger partial charge on any atom is 0.263 e. The van der Waals surface area contributed by atoms with Gasteiger partial charge in [0.2, 0.25) is 0 Å². The largest absolute Gasteiger partial charge is 0.369 e. The number of carbonyl (C=O) groups is 1. The zero-order valence-electron chi connectivity index (χ0n) is 30.7. The van der Waals surface area contributed by atoms with Crippen LogP contribution in [-0.4, -0.2) is 41.0 Å². The predicted molar refractivity (Wildman–Crippen MR) is 204 cm³/mol. The van der Waals surface area contributed by atoms with Crippen molar-refractivity contribution in [2.45, 2.75) is 123 Å². The van der Waals surface area contributed by atoms with Gasteiger partial charge in [0.25, 0.3) is 5.91 Å². The second kappa shape index (κ2) is 17.6. The molecule has 5 atom stereocenters. The van der Waals surface area contributed by atoms with Crippen molar-refractivity contribution >= 4 is 22.6 Å². The summed E-state index contributed by atoms with van der Waals surface area (Å²) in [7, 11) is -1.45. The van der Waals surface area contributed by atoms with Crippen LogP contribution in [0.1, 0.15) is 119 Å². The second-order valence-corrected chi connectivity index (χ2v) is 16.0. The molecular formula is C41H63N3O2S. The molecule has 1 amide bonds. The molecule has 1 saturated heterocycles. The number of rotatable bonds is 14. The maximum atomic E-state index is 13.5. The highest BCUT2D eigenvalue weighted by Gasteiger charge is 2.44. The van der Waals surface area contributed by atoms with Crippen molar-refractivity contribution < 1.29 is 9.00 Å². The van der Waals surface area contributed by atoms with Crippen molar-refractivity contribution in [2.24, 2.45) is 11.3 Å². The quantitative estimate of drug-likeness (QED) is 0.198. The molecule has 2 aromatic rings. The fraction of sp³-hybridized carbons (Fsp3) is 0.585. The first-order valence-corrected chi connectivity index (χ1v) is 19.3. The minimum absolute atomic E-state index is 0.0214. The molecule has 260 valence electrons. The first-order valence-electron chi connectivity index (χ1n) is 18.0. The number of nitrogens with zero attached hydrogens (tertiary/aromatic N) is 1. The summed E-state index contributed by atoms with van der Waals surface area (Å²) >= 11 is 0. The Morgan fingerprint density at radius 3 is 2.47 bits per heavy atom. The van der Waals surface area contributed by atoms with Crippen LogP contribution in [0.15, 0.2) is 61.7 Å². The lowest BCUT2D eigenvalue weighted by Crippen LogP contribution is -2.50. The molecule has 5 nitrogen and oxygen atoms in total. The van der Waals surface area contributed by atoms with Gasteiger partial charge in [0.1, 0.15) is 11.0 Å². The van der Waals surface area contributed by atoms with Gasteiger partial charge in [0, 0.05) is 42.3 Å². The van der Waals surface area contributed by atoms with E-state index in [4.69, 9.17) is 0 Å². The molecule has 6 heteroatoms. The van der Waals surface area contributed by atoms with Crippen LogP contribution in [0.3, 0.4) is 0 Å². The van der Waals surface area contributed by atoms with E-state index in [1.54, 1.807) is 0 Å². The minimum Gasteiger partial charge on any atom is -0.369 e. The van der Waals surface area contributed by atoms with Crippen molar-refractivity contribution in [3.05, 3.63) is 89.5 Å². The summed E-state index contributed by atoms with van der Waals surface area (Å²) in [5, 5.41) is 3.73. The van der Waals surface area contributed by atoms with E-state index in [0.29, 0.717) is 11.5 Å². The Morgan fingerprint density at radius 2 is 1.85 bits per heavy atom. The van der Waals surface area contributed by atoms with Crippen LogP contribution in [0, 0.1) is 25.2 Å². The fourth-order valence-corrected chi connectivity index (χ4v) is 8.63. The van der Waals surface area contributed by atoms with Gasteiger partial charge in [-0.25, -0.2) is 4.21 Å². The van der Waals surface area contributed by atoms with E-state index in [0.717, 1.165) is 69.4 Å². The van der Waals surface area contributed by atoms with Gasteiger partial charge in [-0.05, 0) is 98.9 Å². The molecule has 1 aliphatic carbocycles. The van der Waals surface area contributed by atoms with Gasteiger partial charge in [-0.1, -0.05) is 89.9 Å². The van der Waals surface area contributed by atoms with E-state index in [1.165, 1.54) is 29.5 Å². The van der Waals surface area contributed by atoms with Crippen LogP contribution in [0.25, 0.3) is 0 Å². The molecule has 0 saturated carbocycles. The number of fused-ring (bicyclic) bond motifs is 1. The van der Waals surface area contributed by atoms with Gasteiger partial charge in [-0.3, -0.25) is 9.52 Å². The summed E-state index contributed by atoms with van der Waals surface area (Å²) in [6.07, 6.45) is 12.0. The fourth-order valence-electron chi connectivity index (χ4n) is 7.51. The van der Waals surface area contributed by atoms with Crippen LogP contribution >= 0.6 is 0 Å². The van der Waals surface area contributed by atoms with Crippen LogP contribution < -0.4 is 14.9 Å². The van der Waals surface area contributed by atoms with Gasteiger partial charge in [-0.15, -0.1) is 13.2 Å². The number of hydrogen-bond acceptors (Lipinski definition) is 4. The number of benzene rings is 2. The highest BCUT2D eigenvalue weighted by Crippen LogP contribution is 2.43. The van der Waals surface area contributed by atoms with E-state index in [9.17, 15) is 9.00 Å². The van der Waals surface area contributed by atoms with E-state index in [2.05, 4.69) is 101 Å². The molecule has 0 radical (unpaired) electrons. The van der Waals surface area contributed by atoms with E-state index in [-0.39, 0.29) is 28.0 Å². The lowest BCUT2D eigenvalue weighted by molar-refractivity contribution is 0.0982. The van der Waals surface area contributed by atoms with Crippen LogP contribution in [0.4, 0.5) is 5.69 Å². The number of amides is 1. The number of nitrogens with one attached hydrogen (secondary N) is 2. The normalized spacial score (nSPS) is 22.6. The van der Waals surface area contributed by atoms with Gasteiger partial charge in [0.05, 0.1) is 5.25 Å². The van der Waals surface area contributed by atoms with Crippen molar-refractivity contribution in [3.63, 3.8) is 0 Å². The van der Waals surface area contributed by atoms with Gasteiger partial charge >= 0.3 is 0 Å². The average Bonchev–Trinajstić information content (AvgIpc) is 3.33. The Bertz CT molecular complexity index is 1380. The van der Waals surface area contributed by atoms with Crippen molar-refractivity contribution in [1.82, 2.24) is 10.0 Å². The van der Waals surface area contributed by atoms with E-state index in [1.807, 2.05) is 31.2 Å². The van der Waals surface area contributed by atoms with Gasteiger partial charge in [-0.2, -0.15) is 0 Å². The third-order valence-corrected chi connectivity index (χ3v) is 12.2. The lowest BCUT2D eigenvalue weighted by atomic mass is 9.67. The Kier molecular flexibility index (Phi) is 14.5. The Morgan fingerprint density at radius 1 is 1.13 bits per heavy atom. The lowest BCUT2D eigenvalue weighted by Gasteiger charge is -2.45. The monoisotopic (exact) mass is 661 g/mol. The van der Waals surface area contributed by atoms with Gasteiger partial charge < -0.3 is 10.2 Å². The predicted octanol–water partition coefficient (Wildman–Crippen LogP) is 9.15. The van der Waals surface area contributed by atoms with Gasteiger partial charge in [0.15, 0.2) is 0 Å².